The normalized spacial score (nSPS) is 16.6. The van der Waals surface area contributed by atoms with Gasteiger partial charge in [0.1, 0.15) is 0 Å². The van der Waals surface area contributed by atoms with Crippen LogP contribution in [0.1, 0.15) is 23.3 Å². The third-order valence-electron chi connectivity index (χ3n) is 3.75. The summed E-state index contributed by atoms with van der Waals surface area (Å²) in [5.41, 5.74) is 1.18. The number of pyridine rings is 1. The number of carbonyl (C=O) groups excluding carboxylic acids is 1. The molecule has 6 nitrogen and oxygen atoms in total. The molecular formula is C15H20Cl2N4O2. The fourth-order valence-electron chi connectivity index (χ4n) is 2.72. The number of nitrogens with zero attached hydrogens (tertiary/aromatic N) is 3. The predicted octanol–water partition coefficient (Wildman–Crippen LogP) is 2.40. The number of likely N-dealkylation sites (tertiary alicyclic amines) is 1. The molecule has 1 N–H and O–H groups in total. The van der Waals surface area contributed by atoms with Gasteiger partial charge in [-0.3, -0.25) is 9.78 Å². The molecule has 1 saturated heterocycles. The van der Waals surface area contributed by atoms with Crippen LogP contribution in [0.15, 0.2) is 35.1 Å². The first-order chi connectivity index (χ1) is 10.3. The lowest BCUT2D eigenvalue weighted by atomic mass is 10.2. The van der Waals surface area contributed by atoms with Gasteiger partial charge in [0.25, 0.3) is 5.91 Å². The number of rotatable bonds is 4. The summed E-state index contributed by atoms with van der Waals surface area (Å²) in [7, 11) is 1.90. The van der Waals surface area contributed by atoms with Crippen LogP contribution in [0.5, 0.6) is 0 Å². The van der Waals surface area contributed by atoms with Crippen molar-refractivity contribution in [2.45, 2.75) is 18.9 Å². The molecule has 0 spiro atoms. The first-order valence-electron chi connectivity index (χ1n) is 7.12. The van der Waals surface area contributed by atoms with Crippen LogP contribution in [0.4, 0.5) is 0 Å². The van der Waals surface area contributed by atoms with Crippen molar-refractivity contribution >= 4 is 30.7 Å². The first-order valence-corrected chi connectivity index (χ1v) is 7.12. The van der Waals surface area contributed by atoms with Gasteiger partial charge in [-0.2, -0.15) is 0 Å². The molecule has 3 heterocycles. The van der Waals surface area contributed by atoms with E-state index in [1.807, 2.05) is 24.1 Å². The van der Waals surface area contributed by atoms with E-state index in [1.54, 1.807) is 18.5 Å². The summed E-state index contributed by atoms with van der Waals surface area (Å²) < 4.78 is 5.27. The number of hydrogen-bond donors (Lipinski definition) is 1. The van der Waals surface area contributed by atoms with E-state index in [0.717, 1.165) is 31.5 Å². The Kier molecular flexibility index (Phi) is 7.48. The Labute approximate surface area is 147 Å². The molecule has 23 heavy (non-hydrogen) atoms. The number of halogens is 2. The number of likely N-dealkylation sites (N-methyl/N-ethyl adjacent to an activating group) is 1. The lowest BCUT2D eigenvalue weighted by Gasteiger charge is -2.23. The van der Waals surface area contributed by atoms with Crippen molar-refractivity contribution in [3.63, 3.8) is 0 Å². The zero-order chi connectivity index (χ0) is 14.7. The molecule has 126 valence electrons. The second kappa shape index (κ2) is 8.86. The minimum Gasteiger partial charge on any atom is -0.355 e. The number of amides is 1. The van der Waals surface area contributed by atoms with Gasteiger partial charge in [-0.15, -0.1) is 24.8 Å². The maximum atomic E-state index is 12.5. The van der Waals surface area contributed by atoms with Gasteiger partial charge in [0, 0.05) is 43.2 Å². The zero-order valence-electron chi connectivity index (χ0n) is 12.8. The smallest absolute Gasteiger partial charge is 0.276 e. The third kappa shape index (κ3) is 4.22. The molecule has 1 atom stereocenters. The molecule has 1 aliphatic heterocycles. The van der Waals surface area contributed by atoms with Crippen LogP contribution in [0.2, 0.25) is 0 Å². The van der Waals surface area contributed by atoms with Crippen LogP contribution >= 0.6 is 24.8 Å². The highest BCUT2D eigenvalue weighted by molar-refractivity contribution is 5.93. The van der Waals surface area contributed by atoms with Crippen molar-refractivity contribution in [3.8, 4) is 11.3 Å². The maximum Gasteiger partial charge on any atom is 0.276 e. The standard InChI is InChI=1S/C15H18N4O2.2ClH/c1-16-10-12-5-3-7-19(12)15(20)13-8-14(21-18-13)11-4-2-6-17-9-11;;/h2,4,6,8-9,12,16H,3,5,7,10H2,1H3;2*1H. The van der Waals surface area contributed by atoms with Crippen molar-refractivity contribution in [2.75, 3.05) is 20.1 Å². The van der Waals surface area contributed by atoms with Crippen LogP contribution in [0.3, 0.4) is 0 Å². The van der Waals surface area contributed by atoms with Crippen molar-refractivity contribution in [1.82, 2.24) is 20.4 Å². The molecule has 0 radical (unpaired) electrons. The summed E-state index contributed by atoms with van der Waals surface area (Å²) in [5, 5.41) is 7.05. The van der Waals surface area contributed by atoms with E-state index in [1.165, 1.54) is 0 Å². The minimum absolute atomic E-state index is 0. The van der Waals surface area contributed by atoms with Crippen LogP contribution in [-0.4, -0.2) is 47.1 Å². The highest BCUT2D eigenvalue weighted by Gasteiger charge is 2.30. The van der Waals surface area contributed by atoms with Gasteiger partial charge in [-0.1, -0.05) is 5.16 Å². The van der Waals surface area contributed by atoms with Gasteiger partial charge in [0.15, 0.2) is 11.5 Å². The Morgan fingerprint density at radius 3 is 3.00 bits per heavy atom. The zero-order valence-corrected chi connectivity index (χ0v) is 14.4. The summed E-state index contributed by atoms with van der Waals surface area (Å²) >= 11 is 0. The quantitative estimate of drug-likeness (QED) is 0.908. The van der Waals surface area contributed by atoms with E-state index in [0.29, 0.717) is 11.5 Å². The van der Waals surface area contributed by atoms with E-state index in [-0.39, 0.29) is 36.8 Å². The SMILES string of the molecule is CNCC1CCCN1C(=O)c1cc(-c2cccnc2)on1.Cl.Cl. The second-order valence-electron chi connectivity index (χ2n) is 5.17. The van der Waals surface area contributed by atoms with E-state index in [9.17, 15) is 4.79 Å². The Morgan fingerprint density at radius 1 is 1.48 bits per heavy atom. The minimum atomic E-state index is -0.0633. The summed E-state index contributed by atoms with van der Waals surface area (Å²) in [5.74, 6) is 0.502. The molecule has 0 bridgehead atoms. The summed E-state index contributed by atoms with van der Waals surface area (Å²) in [6, 6.07) is 5.62. The van der Waals surface area contributed by atoms with Crippen molar-refractivity contribution < 1.29 is 9.32 Å². The third-order valence-corrected chi connectivity index (χ3v) is 3.75. The highest BCUT2D eigenvalue weighted by atomic mass is 35.5. The number of carbonyl (C=O) groups is 1. The predicted molar refractivity (Wildman–Crippen MR) is 92.2 cm³/mol. The molecule has 1 fully saturated rings. The van der Waals surface area contributed by atoms with Gasteiger partial charge in [-0.05, 0) is 32.0 Å². The summed E-state index contributed by atoms with van der Waals surface area (Å²) in [6.45, 7) is 1.58. The molecule has 0 saturated carbocycles. The summed E-state index contributed by atoms with van der Waals surface area (Å²) in [4.78, 5) is 18.5. The van der Waals surface area contributed by atoms with Gasteiger partial charge in [-0.25, -0.2) is 0 Å². The largest absolute Gasteiger partial charge is 0.355 e. The summed E-state index contributed by atoms with van der Waals surface area (Å²) in [6.07, 6.45) is 5.44. The lowest BCUT2D eigenvalue weighted by molar-refractivity contribution is 0.0726. The number of hydrogen-bond acceptors (Lipinski definition) is 5. The average molecular weight is 359 g/mol. The van der Waals surface area contributed by atoms with E-state index in [2.05, 4.69) is 15.5 Å². The molecule has 2 aromatic heterocycles. The fourth-order valence-corrected chi connectivity index (χ4v) is 2.72. The van der Waals surface area contributed by atoms with Crippen LogP contribution in [0, 0.1) is 0 Å². The van der Waals surface area contributed by atoms with Gasteiger partial charge < -0.3 is 14.7 Å². The van der Waals surface area contributed by atoms with E-state index in [4.69, 9.17) is 4.52 Å². The second-order valence-corrected chi connectivity index (χ2v) is 5.17. The van der Waals surface area contributed by atoms with Crippen molar-refractivity contribution in [2.24, 2.45) is 0 Å². The Hall–Kier alpha value is -1.63. The molecule has 3 rings (SSSR count). The number of nitrogens with one attached hydrogen (secondary N) is 1. The molecule has 8 heteroatoms. The molecule has 0 aliphatic carbocycles. The molecular weight excluding hydrogens is 339 g/mol. The molecule has 0 aromatic carbocycles. The topological polar surface area (TPSA) is 71.3 Å². The van der Waals surface area contributed by atoms with Gasteiger partial charge in [0.05, 0.1) is 0 Å². The van der Waals surface area contributed by atoms with Crippen molar-refractivity contribution in [3.05, 3.63) is 36.3 Å². The molecule has 1 unspecified atom stereocenters. The Bertz CT molecular complexity index is 621. The van der Waals surface area contributed by atoms with Crippen molar-refractivity contribution in [1.29, 1.82) is 0 Å². The molecule has 1 aliphatic rings. The van der Waals surface area contributed by atoms with Gasteiger partial charge >= 0.3 is 0 Å². The Morgan fingerprint density at radius 2 is 2.30 bits per heavy atom. The number of aromatic nitrogens is 2. The highest BCUT2D eigenvalue weighted by Crippen LogP contribution is 2.23. The first kappa shape index (κ1) is 19.4. The Balaban J connectivity index is 0.00000132. The maximum absolute atomic E-state index is 12.5. The average Bonchev–Trinajstić information content (AvgIpc) is 3.17. The molecule has 2 aromatic rings. The van der Waals surface area contributed by atoms with Crippen LogP contribution < -0.4 is 5.32 Å². The lowest BCUT2D eigenvalue weighted by Crippen LogP contribution is -2.40. The fraction of sp³-hybridized carbons (Fsp3) is 0.400. The molecule has 1 amide bonds. The van der Waals surface area contributed by atoms with E-state index >= 15 is 0 Å². The van der Waals surface area contributed by atoms with Gasteiger partial charge in [0.2, 0.25) is 0 Å². The van der Waals surface area contributed by atoms with Crippen LogP contribution in [-0.2, 0) is 0 Å². The van der Waals surface area contributed by atoms with E-state index < -0.39 is 0 Å². The van der Waals surface area contributed by atoms with Crippen LogP contribution in [0.25, 0.3) is 11.3 Å². The monoisotopic (exact) mass is 358 g/mol.